The number of carbonyl (C=O) groups is 1. The molecule has 2 atom stereocenters. The van der Waals surface area contributed by atoms with Crippen molar-refractivity contribution in [2.24, 2.45) is 5.92 Å². The Morgan fingerprint density at radius 3 is 2.68 bits per heavy atom. The van der Waals surface area contributed by atoms with Gasteiger partial charge < -0.3 is 19.0 Å². The van der Waals surface area contributed by atoms with Gasteiger partial charge in [-0.3, -0.25) is 9.59 Å². The highest BCUT2D eigenvalue weighted by Crippen LogP contribution is 2.41. The van der Waals surface area contributed by atoms with Crippen LogP contribution < -0.4 is 14.9 Å². The molecule has 1 fully saturated rings. The molecule has 144 valence electrons. The van der Waals surface area contributed by atoms with Crippen LogP contribution in [0.2, 0.25) is 5.02 Å². The zero-order chi connectivity index (χ0) is 19.8. The maximum absolute atomic E-state index is 12.5. The molecule has 1 N–H and O–H groups in total. The van der Waals surface area contributed by atoms with Crippen molar-refractivity contribution in [3.05, 3.63) is 57.7 Å². The third kappa shape index (κ3) is 3.10. The summed E-state index contributed by atoms with van der Waals surface area (Å²) in [6, 6.07) is 11.5. The Balaban J connectivity index is 1.79. The van der Waals surface area contributed by atoms with E-state index in [0.717, 1.165) is 0 Å². The van der Waals surface area contributed by atoms with E-state index in [1.54, 1.807) is 36.4 Å². The summed E-state index contributed by atoms with van der Waals surface area (Å²) in [6.45, 7) is 0. The lowest BCUT2D eigenvalue weighted by atomic mass is 9.82. The number of fused-ring (bicyclic) bond motifs is 1. The van der Waals surface area contributed by atoms with Gasteiger partial charge in [-0.2, -0.15) is 0 Å². The van der Waals surface area contributed by atoms with Crippen LogP contribution in [0, 0.1) is 5.92 Å². The van der Waals surface area contributed by atoms with Crippen LogP contribution in [0.15, 0.2) is 51.7 Å². The minimum Gasteiger partial charge on any atom is -0.492 e. The molecule has 1 heterocycles. The van der Waals surface area contributed by atoms with Gasteiger partial charge in [0.15, 0.2) is 22.5 Å². The third-order valence-corrected chi connectivity index (χ3v) is 5.26. The molecule has 28 heavy (non-hydrogen) atoms. The first-order valence-corrected chi connectivity index (χ1v) is 9.16. The average molecular weight is 401 g/mol. The first-order valence-electron chi connectivity index (χ1n) is 8.79. The van der Waals surface area contributed by atoms with E-state index >= 15 is 0 Å². The van der Waals surface area contributed by atoms with Crippen LogP contribution in [0.1, 0.15) is 12.8 Å². The molecule has 0 spiro atoms. The fraction of sp³-hybridized carbons (Fsp3) is 0.238. The average Bonchev–Trinajstić information content (AvgIpc) is 2.65. The normalized spacial score (nSPS) is 18.5. The minimum atomic E-state index is -0.874. The molecule has 4 rings (SSSR count). The number of hydrogen-bond donors (Lipinski definition) is 1. The summed E-state index contributed by atoms with van der Waals surface area (Å²) < 4.78 is 17.3. The van der Waals surface area contributed by atoms with Crippen LogP contribution in [0.3, 0.4) is 0 Å². The van der Waals surface area contributed by atoms with Crippen molar-refractivity contribution >= 4 is 28.5 Å². The summed E-state index contributed by atoms with van der Waals surface area (Å²) in [5.74, 6) is -0.352. The number of aliphatic carboxylic acids is 1. The number of carboxylic acid groups (broad SMARTS) is 1. The molecule has 1 aromatic heterocycles. The fourth-order valence-corrected chi connectivity index (χ4v) is 3.56. The van der Waals surface area contributed by atoms with Gasteiger partial charge in [0, 0.05) is 6.07 Å². The second-order valence-electron chi connectivity index (χ2n) is 6.61. The fourth-order valence-electron chi connectivity index (χ4n) is 3.34. The van der Waals surface area contributed by atoms with E-state index < -0.39 is 18.0 Å². The number of halogens is 1. The number of benzene rings is 2. The van der Waals surface area contributed by atoms with E-state index in [0.29, 0.717) is 45.9 Å². The quantitative estimate of drug-likeness (QED) is 0.684. The highest BCUT2D eigenvalue weighted by atomic mass is 35.5. The molecule has 7 heteroatoms. The van der Waals surface area contributed by atoms with Crippen LogP contribution >= 0.6 is 11.6 Å². The largest absolute Gasteiger partial charge is 0.492 e. The summed E-state index contributed by atoms with van der Waals surface area (Å²) in [7, 11) is 1.48. The molecular formula is C21H17ClO6. The van der Waals surface area contributed by atoms with E-state index in [4.69, 9.17) is 25.5 Å². The second kappa shape index (κ2) is 7.20. The maximum Gasteiger partial charge on any atom is 0.310 e. The van der Waals surface area contributed by atoms with Gasteiger partial charge in [-0.1, -0.05) is 23.7 Å². The van der Waals surface area contributed by atoms with Gasteiger partial charge in [0.1, 0.15) is 11.9 Å². The summed E-state index contributed by atoms with van der Waals surface area (Å²) in [5.41, 5.74) is 0.590. The minimum absolute atomic E-state index is 0.225. The molecule has 1 aliphatic carbocycles. The van der Waals surface area contributed by atoms with Crippen LogP contribution in [-0.2, 0) is 4.79 Å². The Morgan fingerprint density at radius 1 is 1.21 bits per heavy atom. The SMILES string of the molecule is COc1c(OC2CCC2C(=O)O)cccc1-c1cc(=O)c2cccc(Cl)c2o1. The monoisotopic (exact) mass is 400 g/mol. The van der Waals surface area contributed by atoms with Crippen molar-refractivity contribution < 1.29 is 23.8 Å². The van der Waals surface area contributed by atoms with Gasteiger partial charge in [0.05, 0.1) is 29.0 Å². The van der Waals surface area contributed by atoms with E-state index in [-0.39, 0.29) is 11.2 Å². The molecule has 6 nitrogen and oxygen atoms in total. The highest BCUT2D eigenvalue weighted by molar-refractivity contribution is 6.34. The number of rotatable bonds is 5. The van der Waals surface area contributed by atoms with Crippen molar-refractivity contribution in [3.63, 3.8) is 0 Å². The van der Waals surface area contributed by atoms with Crippen molar-refractivity contribution in [2.45, 2.75) is 18.9 Å². The third-order valence-electron chi connectivity index (χ3n) is 4.96. The van der Waals surface area contributed by atoms with Gasteiger partial charge in [0.2, 0.25) is 0 Å². The van der Waals surface area contributed by atoms with Crippen molar-refractivity contribution in [1.29, 1.82) is 0 Å². The Hall–Kier alpha value is -2.99. The first-order chi connectivity index (χ1) is 13.5. The van der Waals surface area contributed by atoms with Gasteiger partial charge in [-0.25, -0.2) is 0 Å². The van der Waals surface area contributed by atoms with Crippen molar-refractivity contribution in [3.8, 4) is 22.8 Å². The lowest BCUT2D eigenvalue weighted by Gasteiger charge is -2.33. The van der Waals surface area contributed by atoms with Crippen LogP contribution in [-0.4, -0.2) is 24.3 Å². The number of ether oxygens (including phenoxy) is 2. The first kappa shape index (κ1) is 18.4. The van der Waals surface area contributed by atoms with E-state index in [1.807, 2.05) is 0 Å². The van der Waals surface area contributed by atoms with E-state index in [9.17, 15) is 14.7 Å². The van der Waals surface area contributed by atoms with E-state index in [1.165, 1.54) is 13.2 Å². The zero-order valence-corrected chi connectivity index (χ0v) is 15.7. The number of para-hydroxylation sites is 2. The summed E-state index contributed by atoms with van der Waals surface area (Å²) in [5, 5.41) is 9.95. The topological polar surface area (TPSA) is 86.0 Å². The molecule has 0 bridgehead atoms. The lowest BCUT2D eigenvalue weighted by Crippen LogP contribution is -2.41. The number of carboxylic acids is 1. The standard InChI is InChI=1S/C21H17ClO6/c1-26-20-12(5-3-7-17(20)27-16-9-8-13(16)21(24)25)18-10-15(23)11-4-2-6-14(22)19(11)28-18/h2-7,10,13,16H,8-9H2,1H3,(H,24,25). The highest BCUT2D eigenvalue weighted by Gasteiger charge is 2.39. The molecule has 1 saturated carbocycles. The molecule has 1 aliphatic rings. The molecule has 0 saturated heterocycles. The maximum atomic E-state index is 12.5. The molecule has 3 aromatic rings. The molecular weight excluding hydrogens is 384 g/mol. The summed E-state index contributed by atoms with van der Waals surface area (Å²) in [6.07, 6.45) is 0.824. The van der Waals surface area contributed by atoms with Gasteiger partial charge in [0.25, 0.3) is 0 Å². The Kier molecular flexibility index (Phi) is 4.73. The molecule has 2 unspecified atom stereocenters. The molecule has 0 aliphatic heterocycles. The zero-order valence-electron chi connectivity index (χ0n) is 15.0. The molecule has 2 aromatic carbocycles. The summed E-state index contributed by atoms with van der Waals surface area (Å²) in [4.78, 5) is 23.8. The molecule has 0 amide bonds. The van der Waals surface area contributed by atoms with Gasteiger partial charge in [-0.05, 0) is 37.1 Å². The number of methoxy groups -OCH3 is 1. The van der Waals surface area contributed by atoms with Crippen molar-refractivity contribution in [2.75, 3.05) is 7.11 Å². The van der Waals surface area contributed by atoms with E-state index in [2.05, 4.69) is 0 Å². The lowest BCUT2D eigenvalue weighted by molar-refractivity contribution is -0.150. The summed E-state index contributed by atoms with van der Waals surface area (Å²) >= 11 is 6.19. The Labute approximate surface area is 165 Å². The van der Waals surface area contributed by atoms with Crippen LogP contribution in [0.5, 0.6) is 11.5 Å². The predicted octanol–water partition coefficient (Wildman–Crippen LogP) is 4.36. The Bertz CT molecular complexity index is 1120. The predicted molar refractivity (Wildman–Crippen MR) is 104 cm³/mol. The second-order valence-corrected chi connectivity index (χ2v) is 7.01. The Morgan fingerprint density at radius 2 is 2.00 bits per heavy atom. The van der Waals surface area contributed by atoms with Crippen LogP contribution in [0.25, 0.3) is 22.3 Å². The van der Waals surface area contributed by atoms with Crippen LogP contribution in [0.4, 0.5) is 0 Å². The van der Waals surface area contributed by atoms with Crippen molar-refractivity contribution in [1.82, 2.24) is 0 Å². The van der Waals surface area contributed by atoms with Gasteiger partial charge >= 0.3 is 5.97 Å². The van der Waals surface area contributed by atoms with Gasteiger partial charge in [-0.15, -0.1) is 0 Å². The molecule has 0 radical (unpaired) electrons. The smallest absolute Gasteiger partial charge is 0.310 e. The number of hydrogen-bond acceptors (Lipinski definition) is 5.